The average Bonchev–Trinajstić information content (AvgIpc) is 3.45. The summed E-state index contributed by atoms with van der Waals surface area (Å²) in [6.07, 6.45) is 5.18. The van der Waals surface area contributed by atoms with Crippen LogP contribution >= 0.6 is 0 Å². The second kappa shape index (κ2) is 8.39. The highest BCUT2D eigenvalue weighted by atomic mass is 19.1. The Labute approximate surface area is 160 Å². The number of halogens is 2. The molecule has 1 heterocycles. The van der Waals surface area contributed by atoms with Crippen molar-refractivity contribution in [1.82, 2.24) is 4.90 Å². The van der Waals surface area contributed by atoms with Crippen molar-refractivity contribution in [3.05, 3.63) is 65.7 Å². The van der Waals surface area contributed by atoms with Crippen molar-refractivity contribution in [2.75, 3.05) is 26.2 Å². The molecule has 1 aliphatic carbocycles. The van der Waals surface area contributed by atoms with Crippen LogP contribution in [0.4, 0.5) is 8.78 Å². The molecule has 0 amide bonds. The lowest BCUT2D eigenvalue weighted by Crippen LogP contribution is -2.36. The largest absolute Gasteiger partial charge is 0.489 e. The first kappa shape index (κ1) is 18.4. The average molecular weight is 371 g/mol. The van der Waals surface area contributed by atoms with Crippen LogP contribution in [0.15, 0.2) is 48.5 Å². The van der Waals surface area contributed by atoms with Gasteiger partial charge in [-0.25, -0.2) is 8.78 Å². The molecule has 27 heavy (non-hydrogen) atoms. The third kappa shape index (κ3) is 4.86. The van der Waals surface area contributed by atoms with Crippen LogP contribution in [0, 0.1) is 23.5 Å². The second-order valence-electron chi connectivity index (χ2n) is 7.96. The van der Waals surface area contributed by atoms with Gasteiger partial charge in [0, 0.05) is 12.6 Å². The third-order valence-corrected chi connectivity index (χ3v) is 6.05. The van der Waals surface area contributed by atoms with Gasteiger partial charge in [-0.3, -0.25) is 4.90 Å². The molecule has 2 aliphatic rings. The van der Waals surface area contributed by atoms with Gasteiger partial charge in [0.15, 0.2) is 11.6 Å². The van der Waals surface area contributed by atoms with Gasteiger partial charge in [-0.1, -0.05) is 30.3 Å². The van der Waals surface area contributed by atoms with Crippen LogP contribution < -0.4 is 4.74 Å². The summed E-state index contributed by atoms with van der Waals surface area (Å²) in [7, 11) is 0. The molecular weight excluding hydrogens is 344 g/mol. The normalized spacial score (nSPS) is 23.3. The zero-order valence-electron chi connectivity index (χ0n) is 15.6. The first-order chi connectivity index (χ1) is 13.2. The fourth-order valence-corrected chi connectivity index (χ4v) is 4.37. The number of ether oxygens (including phenoxy) is 1. The Morgan fingerprint density at radius 3 is 2.52 bits per heavy atom. The molecule has 0 bridgehead atoms. The molecule has 2 fully saturated rings. The van der Waals surface area contributed by atoms with E-state index in [1.165, 1.54) is 43.4 Å². The van der Waals surface area contributed by atoms with Crippen molar-refractivity contribution in [1.29, 1.82) is 0 Å². The van der Waals surface area contributed by atoms with Crippen molar-refractivity contribution in [3.8, 4) is 5.75 Å². The predicted octanol–water partition coefficient (Wildman–Crippen LogP) is 5.25. The van der Waals surface area contributed by atoms with E-state index in [-0.39, 0.29) is 5.75 Å². The molecule has 4 rings (SSSR count). The van der Waals surface area contributed by atoms with Gasteiger partial charge in [0.2, 0.25) is 0 Å². The second-order valence-corrected chi connectivity index (χ2v) is 7.96. The van der Waals surface area contributed by atoms with Crippen LogP contribution in [-0.2, 0) is 0 Å². The van der Waals surface area contributed by atoms with Crippen LogP contribution in [0.25, 0.3) is 0 Å². The summed E-state index contributed by atoms with van der Waals surface area (Å²) in [4.78, 5) is 2.39. The van der Waals surface area contributed by atoms with Gasteiger partial charge in [-0.2, -0.15) is 0 Å². The number of likely N-dealkylation sites (tertiary alicyclic amines) is 1. The highest BCUT2D eigenvalue weighted by molar-refractivity contribution is 5.26. The molecule has 1 aliphatic heterocycles. The molecule has 0 radical (unpaired) electrons. The summed E-state index contributed by atoms with van der Waals surface area (Å²) >= 11 is 0. The Kier molecular flexibility index (Phi) is 5.72. The van der Waals surface area contributed by atoms with E-state index in [4.69, 9.17) is 4.74 Å². The summed E-state index contributed by atoms with van der Waals surface area (Å²) in [6, 6.07) is 14.3. The summed E-state index contributed by atoms with van der Waals surface area (Å²) < 4.78 is 32.0. The van der Waals surface area contributed by atoms with Gasteiger partial charge in [0.25, 0.3) is 0 Å². The van der Waals surface area contributed by atoms with Gasteiger partial charge in [0.05, 0.1) is 0 Å². The maximum atomic E-state index is 13.6. The first-order valence-corrected chi connectivity index (χ1v) is 10.0. The molecule has 1 saturated carbocycles. The van der Waals surface area contributed by atoms with E-state index in [0.717, 1.165) is 43.5 Å². The Morgan fingerprint density at radius 2 is 1.78 bits per heavy atom. The highest BCUT2D eigenvalue weighted by Gasteiger charge is 2.39. The van der Waals surface area contributed by atoms with Crippen LogP contribution in [0.5, 0.6) is 5.75 Å². The fourth-order valence-electron chi connectivity index (χ4n) is 4.37. The molecule has 2 aromatic carbocycles. The van der Waals surface area contributed by atoms with Crippen LogP contribution in [0.2, 0.25) is 0 Å². The van der Waals surface area contributed by atoms with Gasteiger partial charge < -0.3 is 4.74 Å². The monoisotopic (exact) mass is 371 g/mol. The quantitative estimate of drug-likeness (QED) is 0.659. The molecule has 2 atom stereocenters. The van der Waals surface area contributed by atoms with E-state index in [1.807, 2.05) is 0 Å². The lowest BCUT2D eigenvalue weighted by atomic mass is 9.90. The Balaban J connectivity index is 1.15. The predicted molar refractivity (Wildman–Crippen MR) is 103 cm³/mol. The minimum Gasteiger partial charge on any atom is -0.489 e. The molecule has 4 heteroatoms. The molecular formula is C23H27F2NO. The van der Waals surface area contributed by atoms with Crippen molar-refractivity contribution >= 4 is 0 Å². The maximum absolute atomic E-state index is 13.6. The van der Waals surface area contributed by atoms with Crippen LogP contribution in [0.3, 0.4) is 0 Å². The van der Waals surface area contributed by atoms with E-state index in [9.17, 15) is 8.78 Å². The van der Waals surface area contributed by atoms with Gasteiger partial charge in [0.1, 0.15) is 12.4 Å². The molecule has 0 aromatic heterocycles. The summed E-state index contributed by atoms with van der Waals surface area (Å²) in [5.41, 5.74) is 1.50. The zero-order chi connectivity index (χ0) is 18.6. The number of hydrogen-bond acceptors (Lipinski definition) is 2. The first-order valence-electron chi connectivity index (χ1n) is 10.0. The number of benzene rings is 2. The Morgan fingerprint density at radius 1 is 1.00 bits per heavy atom. The van der Waals surface area contributed by atoms with E-state index in [2.05, 4.69) is 35.2 Å². The lowest BCUT2D eigenvalue weighted by molar-refractivity contribution is 0.147. The number of hydrogen-bond donors (Lipinski definition) is 0. The minimum absolute atomic E-state index is 0.131. The molecule has 1 saturated heterocycles. The summed E-state index contributed by atoms with van der Waals surface area (Å²) in [5.74, 6) is 1.40. The fraction of sp³-hybridized carbons (Fsp3) is 0.478. The van der Waals surface area contributed by atoms with Crippen LogP contribution in [-0.4, -0.2) is 31.1 Å². The van der Waals surface area contributed by atoms with E-state index in [0.29, 0.717) is 6.61 Å². The van der Waals surface area contributed by atoms with E-state index >= 15 is 0 Å². The lowest BCUT2D eigenvalue weighted by Gasteiger charge is -2.32. The molecule has 144 valence electrons. The van der Waals surface area contributed by atoms with Crippen LogP contribution in [0.1, 0.15) is 37.2 Å². The van der Waals surface area contributed by atoms with Gasteiger partial charge in [-0.05, 0) is 74.2 Å². The molecule has 0 spiro atoms. The topological polar surface area (TPSA) is 12.5 Å². The summed E-state index contributed by atoms with van der Waals surface area (Å²) in [6.45, 7) is 3.40. The maximum Gasteiger partial charge on any atom is 0.167 e. The van der Waals surface area contributed by atoms with Crippen molar-refractivity contribution in [2.45, 2.75) is 31.6 Å². The number of nitrogens with zero attached hydrogens (tertiary/aromatic N) is 1. The smallest absolute Gasteiger partial charge is 0.167 e. The molecule has 2 nitrogen and oxygen atoms in total. The molecule has 2 aromatic rings. The number of piperidine rings is 1. The molecule has 0 N–H and O–H groups in total. The van der Waals surface area contributed by atoms with Gasteiger partial charge in [-0.15, -0.1) is 0 Å². The van der Waals surface area contributed by atoms with Crippen molar-refractivity contribution in [2.24, 2.45) is 11.8 Å². The number of rotatable bonds is 7. The Hall–Kier alpha value is -1.94. The zero-order valence-corrected chi connectivity index (χ0v) is 15.6. The SMILES string of the molecule is Fc1ccc(OCCN2CCC(C[C@@H]3C[C@H]3c3ccccc3)CC2)c(F)c1. The van der Waals surface area contributed by atoms with E-state index < -0.39 is 11.6 Å². The van der Waals surface area contributed by atoms with Gasteiger partial charge >= 0.3 is 0 Å². The van der Waals surface area contributed by atoms with Crippen molar-refractivity contribution < 1.29 is 13.5 Å². The minimum atomic E-state index is -0.633. The standard InChI is InChI=1S/C23H27F2NO/c24-20-6-7-23(22(25)16-20)27-13-12-26-10-8-17(9-11-26)14-19-15-21(19)18-4-2-1-3-5-18/h1-7,16-17,19,21H,8-15H2/t19-,21+/m1/s1. The molecule has 0 unspecified atom stereocenters. The van der Waals surface area contributed by atoms with E-state index in [1.54, 1.807) is 0 Å². The summed E-state index contributed by atoms with van der Waals surface area (Å²) in [5, 5.41) is 0. The highest BCUT2D eigenvalue weighted by Crippen LogP contribution is 2.51. The Bertz CT molecular complexity index is 743. The van der Waals surface area contributed by atoms with Crippen molar-refractivity contribution in [3.63, 3.8) is 0 Å². The third-order valence-electron chi connectivity index (χ3n) is 6.05.